The maximum absolute atomic E-state index is 11.5. The van der Waals surface area contributed by atoms with Gasteiger partial charge in [-0.05, 0) is 44.7 Å². The standard InChI is InChI=1S/C18H21N3O2S/c1-12(21-9-3-4-10-21)13-5-7-14(8-6-13)16-15(17(22)23)11-19-18(20-16)24-2/h5-8,11-12H,3-4,9-10H2,1-2H3,(H,22,23)/t12-/m1/s1. The summed E-state index contributed by atoms with van der Waals surface area (Å²) in [5, 5.41) is 9.96. The van der Waals surface area contributed by atoms with Gasteiger partial charge < -0.3 is 5.11 Å². The normalized spacial score (nSPS) is 16.2. The van der Waals surface area contributed by atoms with Gasteiger partial charge in [0.05, 0.1) is 5.69 Å². The Hall–Kier alpha value is -1.92. The second kappa shape index (κ2) is 7.32. The second-order valence-electron chi connectivity index (χ2n) is 5.97. The number of carbonyl (C=O) groups is 1. The summed E-state index contributed by atoms with van der Waals surface area (Å²) in [6, 6.07) is 8.45. The highest BCUT2D eigenvalue weighted by Gasteiger charge is 2.20. The molecule has 0 aliphatic carbocycles. The van der Waals surface area contributed by atoms with Gasteiger partial charge in [0.2, 0.25) is 0 Å². The number of likely N-dealkylation sites (tertiary alicyclic amines) is 1. The molecule has 126 valence electrons. The third-order valence-corrected chi connectivity index (χ3v) is 5.10. The molecule has 1 aliphatic rings. The topological polar surface area (TPSA) is 66.3 Å². The van der Waals surface area contributed by atoms with Crippen LogP contribution in [0.1, 0.15) is 41.7 Å². The molecule has 2 heterocycles. The molecule has 5 nitrogen and oxygen atoms in total. The first-order valence-electron chi connectivity index (χ1n) is 8.09. The van der Waals surface area contributed by atoms with Gasteiger partial charge in [-0.25, -0.2) is 14.8 Å². The molecule has 0 radical (unpaired) electrons. The molecule has 0 spiro atoms. The maximum Gasteiger partial charge on any atom is 0.339 e. The van der Waals surface area contributed by atoms with E-state index < -0.39 is 5.97 Å². The maximum atomic E-state index is 11.5. The molecule has 1 saturated heterocycles. The molecule has 0 unspecified atom stereocenters. The van der Waals surface area contributed by atoms with Gasteiger partial charge in [0, 0.05) is 17.8 Å². The van der Waals surface area contributed by atoms with Crippen molar-refractivity contribution in [3.63, 3.8) is 0 Å². The van der Waals surface area contributed by atoms with E-state index in [2.05, 4.69) is 33.9 Å². The summed E-state index contributed by atoms with van der Waals surface area (Å²) in [5.41, 5.74) is 2.66. The van der Waals surface area contributed by atoms with Crippen LogP contribution in [-0.2, 0) is 0 Å². The molecule has 0 amide bonds. The van der Waals surface area contributed by atoms with Crippen molar-refractivity contribution in [2.75, 3.05) is 19.3 Å². The van der Waals surface area contributed by atoms with Crippen LogP contribution >= 0.6 is 11.8 Å². The summed E-state index contributed by atoms with van der Waals surface area (Å²) in [5.74, 6) is -1.01. The molecule has 0 bridgehead atoms. The minimum Gasteiger partial charge on any atom is -0.478 e. The summed E-state index contributed by atoms with van der Waals surface area (Å²) >= 11 is 1.40. The lowest BCUT2D eigenvalue weighted by molar-refractivity contribution is 0.0696. The molecular formula is C18H21N3O2S. The average molecular weight is 343 g/mol. The van der Waals surface area contributed by atoms with Crippen LogP contribution in [0.5, 0.6) is 0 Å². The number of rotatable bonds is 5. The number of nitrogens with zero attached hydrogens (tertiary/aromatic N) is 3. The zero-order valence-corrected chi connectivity index (χ0v) is 14.7. The monoisotopic (exact) mass is 343 g/mol. The molecule has 1 aromatic heterocycles. The highest BCUT2D eigenvalue weighted by molar-refractivity contribution is 7.98. The zero-order valence-electron chi connectivity index (χ0n) is 13.9. The van der Waals surface area contributed by atoms with E-state index in [0.717, 1.165) is 18.7 Å². The van der Waals surface area contributed by atoms with Gasteiger partial charge in [0.1, 0.15) is 5.56 Å². The molecule has 24 heavy (non-hydrogen) atoms. The van der Waals surface area contributed by atoms with Crippen LogP contribution in [0, 0.1) is 0 Å². The number of benzene rings is 1. The van der Waals surface area contributed by atoms with Crippen molar-refractivity contribution in [1.82, 2.24) is 14.9 Å². The molecule has 1 aliphatic heterocycles. The van der Waals surface area contributed by atoms with Crippen LogP contribution in [0.15, 0.2) is 35.6 Å². The lowest BCUT2D eigenvalue weighted by Gasteiger charge is -2.24. The Kier molecular flexibility index (Phi) is 5.16. The van der Waals surface area contributed by atoms with Crippen LogP contribution < -0.4 is 0 Å². The van der Waals surface area contributed by atoms with Gasteiger partial charge in [0.25, 0.3) is 0 Å². The molecule has 1 fully saturated rings. The Morgan fingerprint density at radius 1 is 1.25 bits per heavy atom. The molecule has 6 heteroatoms. The van der Waals surface area contributed by atoms with Crippen molar-refractivity contribution in [3.8, 4) is 11.3 Å². The highest BCUT2D eigenvalue weighted by Crippen LogP contribution is 2.28. The Bertz CT molecular complexity index is 728. The number of hydrogen-bond donors (Lipinski definition) is 1. The first kappa shape index (κ1) is 16.9. The van der Waals surface area contributed by atoms with Crippen molar-refractivity contribution in [3.05, 3.63) is 41.6 Å². The first-order chi connectivity index (χ1) is 11.6. The number of carboxylic acid groups (broad SMARTS) is 1. The summed E-state index contributed by atoms with van der Waals surface area (Å²) in [7, 11) is 0. The molecule has 0 saturated carbocycles. The van der Waals surface area contributed by atoms with E-state index in [9.17, 15) is 9.90 Å². The van der Waals surface area contributed by atoms with E-state index in [1.54, 1.807) is 0 Å². The number of aromatic carboxylic acids is 1. The van der Waals surface area contributed by atoms with Crippen molar-refractivity contribution >= 4 is 17.7 Å². The largest absolute Gasteiger partial charge is 0.478 e. The summed E-state index contributed by atoms with van der Waals surface area (Å²) in [6.45, 7) is 4.52. The minimum absolute atomic E-state index is 0.133. The fraction of sp³-hybridized carbons (Fsp3) is 0.389. The summed E-state index contributed by atoms with van der Waals surface area (Å²) in [4.78, 5) is 22.4. The lowest BCUT2D eigenvalue weighted by atomic mass is 10.0. The predicted molar refractivity (Wildman–Crippen MR) is 95.4 cm³/mol. The fourth-order valence-corrected chi connectivity index (χ4v) is 3.44. The minimum atomic E-state index is -1.01. The van der Waals surface area contributed by atoms with E-state index in [-0.39, 0.29) is 5.56 Å². The van der Waals surface area contributed by atoms with Gasteiger partial charge in [0.15, 0.2) is 5.16 Å². The van der Waals surface area contributed by atoms with Gasteiger partial charge >= 0.3 is 5.97 Å². The Morgan fingerprint density at radius 2 is 1.92 bits per heavy atom. The Labute approximate surface area is 146 Å². The molecule has 3 rings (SSSR count). The van der Waals surface area contributed by atoms with Gasteiger partial charge in [-0.2, -0.15) is 0 Å². The SMILES string of the molecule is CSc1ncc(C(=O)O)c(-c2ccc([C@@H](C)N3CCCC3)cc2)n1. The van der Waals surface area contributed by atoms with E-state index in [1.807, 2.05) is 18.4 Å². The zero-order chi connectivity index (χ0) is 17.1. The number of carboxylic acids is 1. The van der Waals surface area contributed by atoms with Gasteiger partial charge in [-0.3, -0.25) is 4.90 Å². The molecular weight excluding hydrogens is 322 g/mol. The van der Waals surface area contributed by atoms with Crippen LogP contribution in [0.2, 0.25) is 0 Å². The van der Waals surface area contributed by atoms with E-state index in [0.29, 0.717) is 16.9 Å². The Balaban J connectivity index is 1.91. The fourth-order valence-electron chi connectivity index (χ4n) is 3.10. The highest BCUT2D eigenvalue weighted by atomic mass is 32.2. The molecule has 2 aromatic rings. The second-order valence-corrected chi connectivity index (χ2v) is 6.74. The van der Waals surface area contributed by atoms with Crippen molar-refractivity contribution in [2.24, 2.45) is 0 Å². The first-order valence-corrected chi connectivity index (χ1v) is 9.31. The van der Waals surface area contributed by atoms with Crippen molar-refractivity contribution < 1.29 is 9.90 Å². The van der Waals surface area contributed by atoms with E-state index >= 15 is 0 Å². The molecule has 1 atom stereocenters. The summed E-state index contributed by atoms with van der Waals surface area (Å²) < 4.78 is 0. The third-order valence-electron chi connectivity index (χ3n) is 4.53. The van der Waals surface area contributed by atoms with E-state index in [4.69, 9.17) is 0 Å². The number of thioether (sulfide) groups is 1. The summed E-state index contributed by atoms with van der Waals surface area (Å²) in [6.07, 6.45) is 5.79. The van der Waals surface area contributed by atoms with Crippen LogP contribution in [-0.4, -0.2) is 45.3 Å². The smallest absolute Gasteiger partial charge is 0.339 e. The van der Waals surface area contributed by atoms with Gasteiger partial charge in [-0.1, -0.05) is 36.0 Å². The third kappa shape index (κ3) is 3.44. The number of hydrogen-bond acceptors (Lipinski definition) is 5. The molecule has 1 N–H and O–H groups in total. The van der Waals surface area contributed by atoms with Gasteiger partial charge in [-0.15, -0.1) is 0 Å². The Morgan fingerprint density at radius 3 is 2.50 bits per heavy atom. The molecule has 1 aromatic carbocycles. The van der Waals surface area contributed by atoms with Crippen molar-refractivity contribution in [1.29, 1.82) is 0 Å². The predicted octanol–water partition coefficient (Wildman–Crippen LogP) is 3.72. The number of aromatic nitrogens is 2. The van der Waals surface area contributed by atoms with Crippen LogP contribution in [0.3, 0.4) is 0 Å². The van der Waals surface area contributed by atoms with Crippen LogP contribution in [0.25, 0.3) is 11.3 Å². The van der Waals surface area contributed by atoms with Crippen LogP contribution in [0.4, 0.5) is 0 Å². The lowest BCUT2D eigenvalue weighted by Crippen LogP contribution is -2.23. The van der Waals surface area contributed by atoms with Crippen molar-refractivity contribution in [2.45, 2.75) is 31.0 Å². The van der Waals surface area contributed by atoms with E-state index in [1.165, 1.54) is 36.4 Å². The average Bonchev–Trinajstić information content (AvgIpc) is 3.15. The quantitative estimate of drug-likeness (QED) is 0.659.